The van der Waals surface area contributed by atoms with Crippen molar-refractivity contribution in [2.75, 3.05) is 6.54 Å². The Morgan fingerprint density at radius 1 is 1.27 bits per heavy atom. The Kier molecular flexibility index (Phi) is 4.79. The van der Waals surface area contributed by atoms with Crippen LogP contribution in [0.15, 0.2) is 39.8 Å². The van der Waals surface area contributed by atoms with Gasteiger partial charge < -0.3 is 23.5 Å². The molecule has 9 nitrogen and oxygen atoms in total. The number of H-pyrrole nitrogens is 1. The van der Waals surface area contributed by atoms with Crippen molar-refractivity contribution < 1.29 is 40.3 Å². The normalized spacial score (nSPS) is 16.4. The minimum atomic E-state index is -4.96. The molecule has 5 rings (SSSR count). The molecule has 0 spiro atoms. The van der Waals surface area contributed by atoms with Crippen molar-refractivity contribution in [2.24, 2.45) is 0 Å². The summed E-state index contributed by atoms with van der Waals surface area (Å²) in [7, 11) is 0. The number of oxazole rings is 2. The molecule has 172 valence electrons. The van der Waals surface area contributed by atoms with E-state index < -0.39 is 41.9 Å². The second kappa shape index (κ2) is 7.56. The number of aromatic nitrogens is 4. The quantitative estimate of drug-likeness (QED) is 0.447. The van der Waals surface area contributed by atoms with E-state index in [1.54, 1.807) is 0 Å². The lowest BCUT2D eigenvalue weighted by molar-refractivity contribution is -0.274. The number of imidazole rings is 1. The Bertz CT molecular complexity index is 1330. The Hall–Kier alpha value is -3.97. The smallest absolute Gasteiger partial charge is 0.438 e. The maximum atomic E-state index is 13.3. The van der Waals surface area contributed by atoms with Gasteiger partial charge in [0.25, 0.3) is 12.3 Å². The van der Waals surface area contributed by atoms with Gasteiger partial charge in [-0.1, -0.05) is 6.07 Å². The standard InChI is InChI=1S/C19H12F5N5O4/c20-16(21)13-15(31-7-27-13)18(30)29-5-4-8-11(26-6-25-8)14(29)17-28-12-9(32-17)2-1-3-10(12)33-19(22,23)24/h1-3,6-7,14,16H,4-5H2,(H,25,26)/t14-/m0/s1. The summed E-state index contributed by atoms with van der Waals surface area (Å²) in [5, 5.41) is 0. The Morgan fingerprint density at radius 3 is 2.85 bits per heavy atom. The number of rotatable bonds is 4. The average molecular weight is 469 g/mol. The highest BCUT2D eigenvalue weighted by molar-refractivity contribution is 5.93. The molecular formula is C19H12F5N5O4. The van der Waals surface area contributed by atoms with Crippen LogP contribution in [-0.4, -0.2) is 43.7 Å². The van der Waals surface area contributed by atoms with Crippen molar-refractivity contribution >= 4 is 17.0 Å². The number of nitrogens with one attached hydrogen (secondary N) is 1. The fourth-order valence-corrected chi connectivity index (χ4v) is 3.71. The number of amides is 1. The molecule has 1 amide bonds. The predicted molar refractivity (Wildman–Crippen MR) is 97.3 cm³/mol. The van der Waals surface area contributed by atoms with Gasteiger partial charge >= 0.3 is 6.36 Å². The number of halogens is 5. The summed E-state index contributed by atoms with van der Waals surface area (Å²) < 4.78 is 79.5. The number of alkyl halides is 5. The molecule has 0 saturated heterocycles. The second-order valence-corrected chi connectivity index (χ2v) is 6.99. The Labute approximate surface area is 180 Å². The number of hydrogen-bond acceptors (Lipinski definition) is 7. The molecule has 1 aromatic carbocycles. The fourth-order valence-electron chi connectivity index (χ4n) is 3.71. The largest absolute Gasteiger partial charge is 0.573 e. The van der Waals surface area contributed by atoms with Crippen LogP contribution in [-0.2, 0) is 6.42 Å². The van der Waals surface area contributed by atoms with Crippen LogP contribution in [0.25, 0.3) is 11.1 Å². The number of carbonyl (C=O) groups is 1. The first kappa shape index (κ1) is 20.9. The molecule has 0 unspecified atom stereocenters. The molecule has 33 heavy (non-hydrogen) atoms. The van der Waals surface area contributed by atoms with Crippen molar-refractivity contribution in [1.82, 2.24) is 24.8 Å². The lowest BCUT2D eigenvalue weighted by Gasteiger charge is -2.32. The minimum Gasteiger partial charge on any atom is -0.438 e. The van der Waals surface area contributed by atoms with E-state index in [4.69, 9.17) is 8.83 Å². The lowest BCUT2D eigenvalue weighted by Crippen LogP contribution is -2.41. The van der Waals surface area contributed by atoms with Crippen molar-refractivity contribution in [2.45, 2.75) is 25.3 Å². The predicted octanol–water partition coefficient (Wildman–Crippen LogP) is 4.16. The van der Waals surface area contributed by atoms with Gasteiger partial charge in [-0.3, -0.25) is 4.79 Å². The molecule has 0 bridgehead atoms. The van der Waals surface area contributed by atoms with E-state index in [9.17, 15) is 26.7 Å². The monoisotopic (exact) mass is 469 g/mol. The molecule has 1 aliphatic rings. The molecule has 14 heteroatoms. The van der Waals surface area contributed by atoms with Gasteiger partial charge in [-0.15, -0.1) is 13.2 Å². The second-order valence-electron chi connectivity index (χ2n) is 6.99. The third-order valence-corrected chi connectivity index (χ3v) is 5.04. The van der Waals surface area contributed by atoms with E-state index in [2.05, 4.69) is 24.7 Å². The van der Waals surface area contributed by atoms with Crippen molar-refractivity contribution in [3.8, 4) is 5.75 Å². The highest BCUT2D eigenvalue weighted by Gasteiger charge is 2.41. The fraction of sp³-hybridized carbons (Fsp3) is 0.263. The van der Waals surface area contributed by atoms with Crippen LogP contribution in [0, 0.1) is 0 Å². The summed E-state index contributed by atoms with van der Waals surface area (Å²) >= 11 is 0. The number of para-hydroxylation sites is 1. The highest BCUT2D eigenvalue weighted by Crippen LogP contribution is 2.38. The highest BCUT2D eigenvalue weighted by atomic mass is 19.4. The molecule has 1 N–H and O–H groups in total. The molecule has 0 aliphatic carbocycles. The molecule has 3 aromatic heterocycles. The summed E-state index contributed by atoms with van der Waals surface area (Å²) in [5.41, 5.74) is -0.158. The number of hydrogen-bond donors (Lipinski definition) is 1. The van der Waals surface area contributed by atoms with Crippen molar-refractivity contribution in [3.63, 3.8) is 0 Å². The third kappa shape index (κ3) is 3.66. The number of carbonyl (C=O) groups excluding carboxylic acids is 1. The van der Waals surface area contributed by atoms with Crippen molar-refractivity contribution in [1.29, 1.82) is 0 Å². The van der Waals surface area contributed by atoms with Crippen LogP contribution in [0.1, 0.15) is 46.0 Å². The third-order valence-electron chi connectivity index (χ3n) is 5.04. The van der Waals surface area contributed by atoms with Crippen LogP contribution in [0.2, 0.25) is 0 Å². The van der Waals surface area contributed by atoms with Crippen molar-refractivity contribution in [3.05, 3.63) is 59.7 Å². The van der Waals surface area contributed by atoms with Crippen LogP contribution in [0.3, 0.4) is 0 Å². The van der Waals surface area contributed by atoms with Crippen LogP contribution < -0.4 is 4.74 Å². The van der Waals surface area contributed by atoms with E-state index in [-0.39, 0.29) is 23.5 Å². The van der Waals surface area contributed by atoms with Gasteiger partial charge in [-0.05, 0) is 12.1 Å². The van der Waals surface area contributed by atoms with Gasteiger partial charge in [0.1, 0.15) is 0 Å². The molecule has 1 aliphatic heterocycles. The van der Waals surface area contributed by atoms with E-state index in [0.717, 1.165) is 17.4 Å². The summed E-state index contributed by atoms with van der Waals surface area (Å²) in [5.74, 6) is -2.36. The van der Waals surface area contributed by atoms with Crippen LogP contribution in [0.5, 0.6) is 5.75 Å². The van der Waals surface area contributed by atoms with Gasteiger partial charge in [0.15, 0.2) is 35.0 Å². The number of benzene rings is 1. The summed E-state index contributed by atoms with van der Waals surface area (Å²) in [6, 6.07) is 2.59. The molecule has 0 fully saturated rings. The first-order valence-corrected chi connectivity index (χ1v) is 9.42. The van der Waals surface area contributed by atoms with Gasteiger partial charge in [-0.25, -0.2) is 23.7 Å². The SMILES string of the molecule is O=C(c1ocnc1C(F)F)N1CCc2[nH]cnc2[C@H]1c1nc2c(OC(F)(F)F)cccc2o1. The Balaban J connectivity index is 1.61. The van der Waals surface area contributed by atoms with E-state index in [1.807, 2.05) is 0 Å². The zero-order valence-electron chi connectivity index (χ0n) is 16.3. The van der Waals surface area contributed by atoms with Crippen LogP contribution in [0.4, 0.5) is 22.0 Å². The van der Waals surface area contributed by atoms with E-state index in [1.165, 1.54) is 18.5 Å². The zero-order chi connectivity index (χ0) is 23.3. The average Bonchev–Trinajstić information content (AvgIpc) is 3.49. The number of nitrogens with zero attached hydrogens (tertiary/aromatic N) is 4. The maximum Gasteiger partial charge on any atom is 0.573 e. The van der Waals surface area contributed by atoms with Gasteiger partial charge in [0, 0.05) is 18.7 Å². The molecule has 1 atom stereocenters. The molecule has 4 heterocycles. The van der Waals surface area contributed by atoms with Gasteiger partial charge in [0.05, 0.1) is 12.0 Å². The Morgan fingerprint density at radius 2 is 2.09 bits per heavy atom. The molecular weight excluding hydrogens is 457 g/mol. The maximum absolute atomic E-state index is 13.3. The molecule has 0 saturated carbocycles. The summed E-state index contributed by atoms with van der Waals surface area (Å²) in [6.07, 6.45) is -5.62. The lowest BCUT2D eigenvalue weighted by atomic mass is 10.0. The van der Waals surface area contributed by atoms with E-state index in [0.29, 0.717) is 17.8 Å². The van der Waals surface area contributed by atoms with Gasteiger partial charge in [-0.2, -0.15) is 0 Å². The molecule has 0 radical (unpaired) electrons. The number of fused-ring (bicyclic) bond motifs is 2. The molecule has 4 aromatic rings. The van der Waals surface area contributed by atoms with Crippen LogP contribution >= 0.6 is 0 Å². The topological polar surface area (TPSA) is 110 Å². The summed E-state index contributed by atoms with van der Waals surface area (Å²) in [6.45, 7) is 0.0344. The summed E-state index contributed by atoms with van der Waals surface area (Å²) in [4.78, 5) is 28.9. The van der Waals surface area contributed by atoms with Gasteiger partial charge in [0.2, 0.25) is 11.7 Å². The zero-order valence-corrected chi connectivity index (χ0v) is 16.3. The minimum absolute atomic E-state index is 0.0326. The van der Waals surface area contributed by atoms with E-state index >= 15 is 0 Å². The number of aromatic amines is 1. The first-order valence-electron chi connectivity index (χ1n) is 9.42. The first-order chi connectivity index (χ1) is 15.7. The number of ether oxygens (including phenoxy) is 1.